The molecular formula is C13H12N2O2S. The quantitative estimate of drug-likeness (QED) is 0.612. The molecule has 0 aromatic carbocycles. The molecule has 18 heavy (non-hydrogen) atoms. The SMILES string of the molecule is CCc1ccc(C(=O)CC(=O)c2ncccn2)s1. The molecule has 0 fully saturated rings. The van der Waals surface area contributed by atoms with Crippen molar-refractivity contribution < 1.29 is 9.59 Å². The molecule has 0 saturated heterocycles. The van der Waals surface area contributed by atoms with E-state index in [9.17, 15) is 9.59 Å². The zero-order chi connectivity index (χ0) is 13.0. The Hall–Kier alpha value is -1.88. The second-order valence-corrected chi connectivity index (χ2v) is 4.88. The van der Waals surface area contributed by atoms with Gasteiger partial charge in [-0.2, -0.15) is 0 Å². The topological polar surface area (TPSA) is 59.9 Å². The van der Waals surface area contributed by atoms with Gasteiger partial charge < -0.3 is 0 Å². The zero-order valence-electron chi connectivity index (χ0n) is 9.92. The molecule has 0 atom stereocenters. The number of ketones is 2. The van der Waals surface area contributed by atoms with Crippen LogP contribution in [0.25, 0.3) is 0 Å². The van der Waals surface area contributed by atoms with Crippen molar-refractivity contribution in [3.05, 3.63) is 46.2 Å². The first-order valence-electron chi connectivity index (χ1n) is 5.63. The van der Waals surface area contributed by atoms with E-state index in [-0.39, 0.29) is 23.8 Å². The second kappa shape index (κ2) is 5.64. The fraction of sp³-hybridized carbons (Fsp3) is 0.231. The number of aryl methyl sites for hydroxylation is 1. The van der Waals surface area contributed by atoms with Gasteiger partial charge in [0.05, 0.1) is 11.3 Å². The lowest BCUT2D eigenvalue weighted by Crippen LogP contribution is -2.10. The van der Waals surface area contributed by atoms with Crippen LogP contribution in [0, 0.1) is 0 Å². The van der Waals surface area contributed by atoms with Crippen molar-refractivity contribution in [2.45, 2.75) is 19.8 Å². The molecule has 4 nitrogen and oxygen atoms in total. The lowest BCUT2D eigenvalue weighted by Gasteiger charge is -1.97. The van der Waals surface area contributed by atoms with E-state index >= 15 is 0 Å². The number of hydrogen-bond acceptors (Lipinski definition) is 5. The van der Waals surface area contributed by atoms with Crippen LogP contribution < -0.4 is 0 Å². The van der Waals surface area contributed by atoms with Crippen LogP contribution in [0.4, 0.5) is 0 Å². The van der Waals surface area contributed by atoms with E-state index in [1.165, 1.54) is 23.7 Å². The molecule has 0 aliphatic heterocycles. The summed E-state index contributed by atoms with van der Waals surface area (Å²) in [6, 6.07) is 5.32. The number of carbonyl (C=O) groups excluding carboxylic acids is 2. The van der Waals surface area contributed by atoms with E-state index in [1.807, 2.05) is 13.0 Å². The van der Waals surface area contributed by atoms with Crippen LogP contribution in [-0.2, 0) is 6.42 Å². The van der Waals surface area contributed by atoms with Gasteiger partial charge in [0, 0.05) is 17.3 Å². The summed E-state index contributed by atoms with van der Waals surface area (Å²) in [5.41, 5.74) is 0. The average Bonchev–Trinajstić information content (AvgIpc) is 2.88. The Morgan fingerprint density at radius 3 is 2.50 bits per heavy atom. The van der Waals surface area contributed by atoms with Gasteiger partial charge in [-0.1, -0.05) is 6.92 Å². The van der Waals surface area contributed by atoms with Gasteiger partial charge in [0.1, 0.15) is 0 Å². The summed E-state index contributed by atoms with van der Waals surface area (Å²) in [6.07, 6.45) is 3.71. The van der Waals surface area contributed by atoms with Crippen molar-refractivity contribution in [1.82, 2.24) is 9.97 Å². The molecule has 0 amide bonds. The molecule has 0 aliphatic rings. The highest BCUT2D eigenvalue weighted by atomic mass is 32.1. The number of carbonyl (C=O) groups is 2. The number of Topliss-reactive ketones (excluding diaryl/α,β-unsaturated/α-hetero) is 2. The summed E-state index contributed by atoms with van der Waals surface area (Å²) in [7, 11) is 0. The van der Waals surface area contributed by atoms with Gasteiger partial charge >= 0.3 is 0 Å². The van der Waals surface area contributed by atoms with Gasteiger partial charge in [-0.3, -0.25) is 9.59 Å². The Labute approximate surface area is 109 Å². The van der Waals surface area contributed by atoms with Crippen LogP contribution in [0.3, 0.4) is 0 Å². The predicted molar refractivity (Wildman–Crippen MR) is 69.0 cm³/mol. The van der Waals surface area contributed by atoms with Crippen molar-refractivity contribution in [3.63, 3.8) is 0 Å². The van der Waals surface area contributed by atoms with E-state index in [0.29, 0.717) is 4.88 Å². The summed E-state index contributed by atoms with van der Waals surface area (Å²) in [6.45, 7) is 2.03. The van der Waals surface area contributed by atoms with E-state index in [1.54, 1.807) is 12.1 Å². The van der Waals surface area contributed by atoms with E-state index in [2.05, 4.69) is 9.97 Å². The van der Waals surface area contributed by atoms with Gasteiger partial charge in [0.15, 0.2) is 11.6 Å². The third kappa shape index (κ3) is 2.87. The first-order valence-corrected chi connectivity index (χ1v) is 6.44. The smallest absolute Gasteiger partial charge is 0.207 e. The van der Waals surface area contributed by atoms with E-state index in [4.69, 9.17) is 0 Å². The van der Waals surface area contributed by atoms with Gasteiger partial charge in [-0.05, 0) is 24.6 Å². The molecular weight excluding hydrogens is 248 g/mol. The van der Waals surface area contributed by atoms with Crippen LogP contribution >= 0.6 is 11.3 Å². The van der Waals surface area contributed by atoms with Crippen molar-refractivity contribution in [1.29, 1.82) is 0 Å². The molecule has 0 saturated carbocycles. The van der Waals surface area contributed by atoms with Gasteiger partial charge in [-0.15, -0.1) is 11.3 Å². The van der Waals surface area contributed by atoms with Crippen LogP contribution in [-0.4, -0.2) is 21.5 Å². The predicted octanol–water partition coefficient (Wildman–Crippen LogP) is 2.56. The number of aromatic nitrogens is 2. The minimum atomic E-state index is -0.341. The highest BCUT2D eigenvalue weighted by Gasteiger charge is 2.16. The Kier molecular flexibility index (Phi) is 3.94. The molecule has 2 heterocycles. The number of thiophene rings is 1. The molecule has 0 spiro atoms. The highest BCUT2D eigenvalue weighted by molar-refractivity contribution is 7.14. The molecule has 92 valence electrons. The summed E-state index contributed by atoms with van der Waals surface area (Å²) in [4.78, 5) is 33.1. The lowest BCUT2D eigenvalue weighted by atomic mass is 10.1. The monoisotopic (exact) mass is 260 g/mol. The maximum atomic E-state index is 11.9. The maximum absolute atomic E-state index is 11.9. The van der Waals surface area contributed by atoms with Crippen LogP contribution in [0.5, 0.6) is 0 Å². The lowest BCUT2D eigenvalue weighted by molar-refractivity contribution is 0.0890. The van der Waals surface area contributed by atoms with Crippen molar-refractivity contribution in [2.75, 3.05) is 0 Å². The standard InChI is InChI=1S/C13H12N2O2S/c1-2-9-4-5-12(18-9)10(16)8-11(17)13-14-6-3-7-15-13/h3-7H,2,8H2,1H3. The van der Waals surface area contributed by atoms with Crippen molar-refractivity contribution in [2.24, 2.45) is 0 Å². The Morgan fingerprint density at radius 1 is 1.17 bits per heavy atom. The molecule has 5 heteroatoms. The molecule has 2 rings (SSSR count). The molecule has 0 N–H and O–H groups in total. The van der Waals surface area contributed by atoms with Crippen molar-refractivity contribution >= 4 is 22.9 Å². The Bertz CT molecular complexity index is 563. The average molecular weight is 260 g/mol. The first-order chi connectivity index (χ1) is 8.70. The number of nitrogens with zero attached hydrogens (tertiary/aromatic N) is 2. The van der Waals surface area contributed by atoms with Gasteiger partial charge in [0.2, 0.25) is 5.78 Å². The van der Waals surface area contributed by atoms with Crippen molar-refractivity contribution in [3.8, 4) is 0 Å². The maximum Gasteiger partial charge on any atom is 0.207 e. The summed E-state index contributed by atoms with van der Waals surface area (Å²) in [5.74, 6) is -0.415. The summed E-state index contributed by atoms with van der Waals surface area (Å²) < 4.78 is 0. The third-order valence-electron chi connectivity index (χ3n) is 2.42. The normalized spacial score (nSPS) is 10.3. The molecule has 0 bridgehead atoms. The molecule has 2 aromatic rings. The number of hydrogen-bond donors (Lipinski definition) is 0. The molecule has 2 aromatic heterocycles. The summed E-state index contributed by atoms with van der Waals surface area (Å²) >= 11 is 1.44. The second-order valence-electron chi connectivity index (χ2n) is 3.72. The minimum Gasteiger partial charge on any atom is -0.293 e. The third-order valence-corrected chi connectivity index (χ3v) is 3.69. The van der Waals surface area contributed by atoms with Crippen LogP contribution in [0.1, 0.15) is 38.5 Å². The largest absolute Gasteiger partial charge is 0.293 e. The molecule has 0 unspecified atom stereocenters. The number of rotatable bonds is 5. The minimum absolute atomic E-state index is 0.0955. The Balaban J connectivity index is 2.06. The fourth-order valence-corrected chi connectivity index (χ4v) is 2.36. The van der Waals surface area contributed by atoms with Crippen LogP contribution in [0.15, 0.2) is 30.6 Å². The first kappa shape index (κ1) is 12.6. The fourth-order valence-electron chi connectivity index (χ4n) is 1.47. The zero-order valence-corrected chi connectivity index (χ0v) is 10.7. The van der Waals surface area contributed by atoms with Gasteiger partial charge in [0.25, 0.3) is 0 Å². The summed E-state index contributed by atoms with van der Waals surface area (Å²) in [5, 5.41) is 0. The highest BCUT2D eigenvalue weighted by Crippen LogP contribution is 2.19. The molecule has 0 aliphatic carbocycles. The van der Waals surface area contributed by atoms with E-state index in [0.717, 1.165) is 11.3 Å². The van der Waals surface area contributed by atoms with Gasteiger partial charge in [-0.25, -0.2) is 9.97 Å². The molecule has 0 radical (unpaired) electrons. The Morgan fingerprint density at radius 2 is 1.89 bits per heavy atom. The van der Waals surface area contributed by atoms with E-state index < -0.39 is 0 Å². The van der Waals surface area contributed by atoms with Crippen LogP contribution in [0.2, 0.25) is 0 Å².